The molecule has 0 saturated carbocycles. The molecule has 1 fully saturated rings. The summed E-state index contributed by atoms with van der Waals surface area (Å²) in [6, 6.07) is 4.18. The molecule has 0 atom stereocenters. The van der Waals surface area contributed by atoms with Crippen LogP contribution in [0.25, 0.3) is 0 Å². The Morgan fingerprint density at radius 2 is 1.85 bits per heavy atom. The van der Waals surface area contributed by atoms with E-state index in [1.807, 2.05) is 0 Å². The van der Waals surface area contributed by atoms with E-state index in [0.29, 0.717) is 23.7 Å². The van der Waals surface area contributed by atoms with Crippen molar-refractivity contribution < 1.29 is 22.7 Å². The number of piperidine rings is 1. The topological polar surface area (TPSA) is 92.8 Å². The lowest BCUT2D eigenvalue weighted by molar-refractivity contribution is 0.0526. The molecule has 1 saturated heterocycles. The molecule has 7 nitrogen and oxygen atoms in total. The molecule has 2 heterocycles. The summed E-state index contributed by atoms with van der Waals surface area (Å²) in [5, 5.41) is 3.37. The van der Waals surface area contributed by atoms with Crippen molar-refractivity contribution in [2.45, 2.75) is 56.8 Å². The lowest BCUT2D eigenvalue weighted by atomic mass is 9.95. The molecule has 1 aliphatic heterocycles. The number of thiophene rings is 1. The zero-order chi connectivity index (χ0) is 23.6. The summed E-state index contributed by atoms with van der Waals surface area (Å²) in [5.41, 5.74) is 1.39. The number of halogens is 1. The van der Waals surface area contributed by atoms with Gasteiger partial charge in [-0.2, -0.15) is 4.31 Å². The van der Waals surface area contributed by atoms with E-state index in [9.17, 15) is 18.0 Å². The van der Waals surface area contributed by atoms with E-state index < -0.39 is 21.9 Å². The zero-order valence-electron chi connectivity index (χ0n) is 18.5. The van der Waals surface area contributed by atoms with Crippen molar-refractivity contribution in [2.75, 3.05) is 25.0 Å². The van der Waals surface area contributed by atoms with E-state index in [-0.39, 0.29) is 22.1 Å². The third kappa shape index (κ3) is 4.96. The number of nitrogens with zero attached hydrogens (tertiary/aromatic N) is 1. The third-order valence-electron chi connectivity index (χ3n) is 6.01. The average Bonchev–Trinajstić information content (AvgIpc) is 3.17. The zero-order valence-corrected chi connectivity index (χ0v) is 20.9. The molecule has 2 aliphatic rings. The Morgan fingerprint density at radius 3 is 2.58 bits per heavy atom. The van der Waals surface area contributed by atoms with Crippen molar-refractivity contribution in [3.63, 3.8) is 0 Å². The molecule has 4 rings (SSSR count). The van der Waals surface area contributed by atoms with E-state index in [2.05, 4.69) is 5.32 Å². The van der Waals surface area contributed by atoms with Crippen LogP contribution < -0.4 is 5.32 Å². The summed E-state index contributed by atoms with van der Waals surface area (Å²) < 4.78 is 32.8. The Labute approximate surface area is 203 Å². The summed E-state index contributed by atoms with van der Waals surface area (Å²) in [5.74, 6) is -1.01. The van der Waals surface area contributed by atoms with Gasteiger partial charge in [0.15, 0.2) is 0 Å². The number of benzene rings is 1. The number of esters is 1. The summed E-state index contributed by atoms with van der Waals surface area (Å²) in [6.07, 6.45) is 6.28. The Bertz CT molecular complexity index is 1170. The molecular weight excluding hydrogens is 484 g/mol. The molecule has 1 aromatic carbocycles. The second-order valence-corrected chi connectivity index (χ2v) is 11.6. The maximum atomic E-state index is 13.2. The molecule has 2 aromatic rings. The quantitative estimate of drug-likeness (QED) is 0.559. The molecular formula is C23H27ClN2O5S2. The maximum Gasteiger partial charge on any atom is 0.341 e. The highest BCUT2D eigenvalue weighted by Gasteiger charge is 2.30. The van der Waals surface area contributed by atoms with Crippen LogP contribution in [0, 0.1) is 0 Å². The lowest BCUT2D eigenvalue weighted by Gasteiger charge is -2.26. The lowest BCUT2D eigenvalue weighted by Crippen LogP contribution is -2.35. The molecule has 0 spiro atoms. The van der Waals surface area contributed by atoms with Gasteiger partial charge in [-0.25, -0.2) is 13.2 Å². The second-order valence-electron chi connectivity index (χ2n) is 8.20. The molecule has 10 heteroatoms. The highest BCUT2D eigenvalue weighted by atomic mass is 35.5. The second kappa shape index (κ2) is 10.1. The number of amides is 1. The first-order valence-electron chi connectivity index (χ1n) is 11.3. The van der Waals surface area contributed by atoms with Crippen LogP contribution in [0.3, 0.4) is 0 Å². The van der Waals surface area contributed by atoms with Crippen LogP contribution in [0.5, 0.6) is 0 Å². The van der Waals surface area contributed by atoms with Gasteiger partial charge in [-0.05, 0) is 69.2 Å². The summed E-state index contributed by atoms with van der Waals surface area (Å²) in [6.45, 7) is 2.91. The largest absolute Gasteiger partial charge is 0.462 e. The van der Waals surface area contributed by atoms with Crippen molar-refractivity contribution in [3.05, 3.63) is 44.8 Å². The van der Waals surface area contributed by atoms with Crippen molar-refractivity contribution in [2.24, 2.45) is 0 Å². The number of nitrogens with one attached hydrogen (secondary N) is 1. The fourth-order valence-corrected chi connectivity index (χ4v) is 7.36. The first-order valence-corrected chi connectivity index (χ1v) is 13.9. The van der Waals surface area contributed by atoms with Gasteiger partial charge in [0.05, 0.1) is 27.7 Å². The van der Waals surface area contributed by atoms with Crippen molar-refractivity contribution in [1.82, 2.24) is 4.31 Å². The van der Waals surface area contributed by atoms with Gasteiger partial charge in [-0.15, -0.1) is 11.3 Å². The van der Waals surface area contributed by atoms with Crippen molar-refractivity contribution in [3.8, 4) is 0 Å². The van der Waals surface area contributed by atoms with E-state index in [1.54, 1.807) is 6.92 Å². The molecule has 0 radical (unpaired) electrons. The van der Waals surface area contributed by atoms with Crippen LogP contribution >= 0.6 is 22.9 Å². The minimum atomic E-state index is -3.72. The van der Waals surface area contributed by atoms with Crippen LogP contribution in [0.4, 0.5) is 5.00 Å². The van der Waals surface area contributed by atoms with Crippen LogP contribution in [0.2, 0.25) is 5.02 Å². The van der Waals surface area contributed by atoms with Gasteiger partial charge in [-0.1, -0.05) is 18.0 Å². The van der Waals surface area contributed by atoms with Crippen LogP contribution in [-0.2, 0) is 27.6 Å². The fourth-order valence-electron chi connectivity index (χ4n) is 4.34. The number of rotatable bonds is 6. The molecule has 0 unspecified atom stereocenters. The molecule has 0 bridgehead atoms. The summed E-state index contributed by atoms with van der Waals surface area (Å²) in [4.78, 5) is 27.0. The van der Waals surface area contributed by atoms with E-state index in [0.717, 1.165) is 55.4 Å². The predicted molar refractivity (Wildman–Crippen MR) is 129 cm³/mol. The number of anilines is 1. The minimum Gasteiger partial charge on any atom is -0.462 e. The molecule has 1 N–H and O–H groups in total. The highest BCUT2D eigenvalue weighted by Crippen LogP contribution is 2.39. The van der Waals surface area contributed by atoms with Crippen molar-refractivity contribution in [1.29, 1.82) is 0 Å². The standard InChI is InChI=1S/C23H27ClN2O5S2/c1-2-31-23(28)20-16-8-4-5-9-19(16)32-22(20)25-21(27)17-14-15(10-11-18(17)24)33(29,30)26-12-6-3-7-13-26/h10-11,14H,2-9,12-13H2,1H3,(H,25,27). The van der Waals surface area contributed by atoms with Gasteiger partial charge < -0.3 is 10.1 Å². The van der Waals surface area contributed by atoms with Crippen LogP contribution in [0.1, 0.15) is 70.2 Å². The minimum absolute atomic E-state index is 0.0371. The number of carbonyl (C=O) groups excluding carboxylic acids is 2. The van der Waals surface area contributed by atoms with Crippen LogP contribution in [0.15, 0.2) is 23.1 Å². The smallest absolute Gasteiger partial charge is 0.341 e. The normalized spacial score (nSPS) is 16.8. The number of fused-ring (bicyclic) bond motifs is 1. The van der Waals surface area contributed by atoms with Crippen molar-refractivity contribution >= 4 is 49.8 Å². The van der Waals surface area contributed by atoms with Gasteiger partial charge in [-0.3, -0.25) is 4.79 Å². The summed E-state index contributed by atoms with van der Waals surface area (Å²) >= 11 is 7.66. The van der Waals surface area contributed by atoms with Gasteiger partial charge in [0.2, 0.25) is 10.0 Å². The van der Waals surface area contributed by atoms with Gasteiger partial charge in [0.25, 0.3) is 5.91 Å². The van der Waals surface area contributed by atoms with E-state index >= 15 is 0 Å². The van der Waals surface area contributed by atoms with E-state index in [1.165, 1.54) is 33.8 Å². The first-order chi connectivity index (χ1) is 15.8. The number of hydrogen-bond acceptors (Lipinski definition) is 6. The monoisotopic (exact) mass is 510 g/mol. The number of ether oxygens (including phenoxy) is 1. The molecule has 1 aromatic heterocycles. The number of sulfonamides is 1. The fraction of sp³-hybridized carbons (Fsp3) is 0.478. The van der Waals surface area contributed by atoms with Crippen LogP contribution in [-0.4, -0.2) is 44.3 Å². The maximum absolute atomic E-state index is 13.2. The van der Waals surface area contributed by atoms with E-state index in [4.69, 9.17) is 16.3 Å². The Balaban J connectivity index is 1.65. The molecule has 1 amide bonds. The number of carbonyl (C=O) groups is 2. The predicted octanol–water partition coefficient (Wildman–Crippen LogP) is 4.88. The number of hydrogen-bond donors (Lipinski definition) is 1. The SMILES string of the molecule is CCOC(=O)c1c(NC(=O)c2cc(S(=O)(=O)N3CCCCC3)ccc2Cl)sc2c1CCCC2. The summed E-state index contributed by atoms with van der Waals surface area (Å²) in [7, 11) is -3.72. The highest BCUT2D eigenvalue weighted by molar-refractivity contribution is 7.89. The van der Waals surface area contributed by atoms with Gasteiger partial charge >= 0.3 is 5.97 Å². The molecule has 178 valence electrons. The average molecular weight is 511 g/mol. The third-order valence-corrected chi connectivity index (χ3v) is 9.44. The Kier molecular flexibility index (Phi) is 7.43. The molecule has 33 heavy (non-hydrogen) atoms. The number of aryl methyl sites for hydroxylation is 1. The Hall–Kier alpha value is -1.94. The Morgan fingerprint density at radius 1 is 1.12 bits per heavy atom. The molecule has 1 aliphatic carbocycles. The van der Waals surface area contributed by atoms with Gasteiger partial charge in [0, 0.05) is 18.0 Å². The first kappa shape index (κ1) is 24.2. The van der Waals surface area contributed by atoms with Gasteiger partial charge in [0.1, 0.15) is 5.00 Å².